The Bertz CT molecular complexity index is 7100. The molecule has 18 nitrogen and oxygen atoms in total. The second-order valence-corrected chi connectivity index (χ2v) is 32.4. The number of methoxy groups -OCH3 is 1. The Morgan fingerprint density at radius 1 is 0.355 bits per heavy atom. The summed E-state index contributed by atoms with van der Waals surface area (Å²) in [7, 11) is 1.62. The van der Waals surface area contributed by atoms with Gasteiger partial charge in [-0.05, 0) is 206 Å². The maximum absolute atomic E-state index is 15.0. The Hall–Kier alpha value is -15.1. The van der Waals surface area contributed by atoms with Crippen LogP contribution in [0.25, 0.3) is 87.6 Å². The Labute approximate surface area is 714 Å². The number of aryl methyl sites for hydroxylation is 5. The average Bonchev–Trinajstić information content (AvgIpc) is 0.988. The third kappa shape index (κ3) is 17.1. The van der Waals surface area contributed by atoms with E-state index >= 15 is 0 Å². The van der Waals surface area contributed by atoms with Gasteiger partial charge in [0.1, 0.15) is 11.6 Å². The standard InChI is InChI=1S/C27H25N3O3.C27H24N2O2.C26H22N2O2.C25H19FN2O2/c1-16-12-22-23(13-17(16)2)26(31)28-15-24(22)18-4-7-20(8-5-18)29-27(32)30-11-10-19-6-9-21(33-3)14-25(19)30;1-17-11-23-24(12-18(17)2)27(31)28-14-25(23)20-9-7-19(8-10-20)13-26(30)29-15-21-5-3-4-6-22(21)16-29;1-17-6-11-22-23(12-17)24(14-27-26(22)30)19-9-7-18(8-10-19)13-25(29)28-15-20-4-2-3-5-21(20)16-28;26-23-11-16(12-24(29)28-14-17-5-1-2-6-18(17)15-28)9-10-20(23)22-13-27-25(30)21-8-4-3-7-19(21)22/h4-9,12-15H,10-11H2,1-3H3,(H,28,31)(H,29,32);3-12,14H,13,15-16H2,1-2H3,(H,28,31);2-12,14H,13,15-16H2,1H3,(H,27,30);1-11,13H,12,14-15H2,(H,27,30). The fourth-order valence-corrected chi connectivity index (χ4v) is 17.1. The topological polar surface area (TPSA) is 234 Å². The van der Waals surface area contributed by atoms with Crippen LogP contribution in [-0.4, -0.2) is 72.0 Å². The number of carbonyl (C=O) groups is 4. The molecule has 0 saturated carbocycles. The van der Waals surface area contributed by atoms with Gasteiger partial charge in [0.15, 0.2) is 0 Å². The molecule has 124 heavy (non-hydrogen) atoms. The lowest BCUT2D eigenvalue weighted by Crippen LogP contribution is -2.33. The number of halogens is 1. The number of benzene rings is 12. The van der Waals surface area contributed by atoms with Gasteiger partial charge in [-0.3, -0.25) is 38.5 Å². The lowest BCUT2D eigenvalue weighted by Gasteiger charge is -2.19. The number of nitrogens with one attached hydrogen (secondary N) is 5. The number of nitrogens with zero attached hydrogens (tertiary/aromatic N) is 4. The molecule has 4 aromatic heterocycles. The first-order valence-electron chi connectivity index (χ1n) is 41.5. The third-order valence-corrected chi connectivity index (χ3v) is 24.3. The number of ether oxygens (including phenoxy) is 1. The minimum Gasteiger partial charge on any atom is -0.497 e. The summed E-state index contributed by atoms with van der Waals surface area (Å²) in [5, 5.41) is 9.08. The summed E-state index contributed by atoms with van der Waals surface area (Å²) in [6, 6.07) is 79.8. The van der Waals surface area contributed by atoms with Crippen molar-refractivity contribution in [1.82, 2.24) is 34.6 Å². The maximum Gasteiger partial charge on any atom is 0.326 e. The van der Waals surface area contributed by atoms with E-state index in [1.165, 1.54) is 34.5 Å². The monoisotopic (exact) mass is 1640 g/mol. The van der Waals surface area contributed by atoms with E-state index in [2.05, 4.69) is 68.6 Å². The number of aromatic nitrogens is 4. The largest absolute Gasteiger partial charge is 0.497 e. The summed E-state index contributed by atoms with van der Waals surface area (Å²) in [6.45, 7) is 14.7. The molecule has 616 valence electrons. The molecule has 16 aromatic rings. The van der Waals surface area contributed by atoms with Crippen LogP contribution in [0.5, 0.6) is 5.75 Å². The first-order chi connectivity index (χ1) is 60.1. The van der Waals surface area contributed by atoms with Gasteiger partial charge < -0.3 is 44.7 Å². The molecule has 19 heteroatoms. The number of rotatable bonds is 12. The molecular weight excluding hydrogens is 1550 g/mol. The fourth-order valence-electron chi connectivity index (χ4n) is 17.1. The van der Waals surface area contributed by atoms with E-state index in [9.17, 15) is 42.7 Å². The zero-order valence-electron chi connectivity index (χ0n) is 69.6. The van der Waals surface area contributed by atoms with Crippen LogP contribution in [0.4, 0.5) is 20.6 Å². The van der Waals surface area contributed by atoms with Crippen LogP contribution < -0.4 is 37.2 Å². The van der Waals surface area contributed by atoms with Crippen molar-refractivity contribution in [2.45, 2.75) is 99.6 Å². The highest BCUT2D eigenvalue weighted by Crippen LogP contribution is 2.37. The van der Waals surface area contributed by atoms with E-state index in [4.69, 9.17) is 4.74 Å². The highest BCUT2D eigenvalue weighted by molar-refractivity contribution is 6.04. The molecule has 0 fully saturated rings. The Balaban J connectivity index is 0.000000117. The molecule has 0 spiro atoms. The summed E-state index contributed by atoms with van der Waals surface area (Å²) in [4.78, 5) is 119. The third-order valence-electron chi connectivity index (χ3n) is 24.3. The number of urea groups is 1. The number of fused-ring (bicyclic) bond motifs is 8. The Kier molecular flexibility index (Phi) is 22.9. The molecule has 5 N–H and O–H groups in total. The molecule has 20 rings (SSSR count). The van der Waals surface area contributed by atoms with E-state index in [0.717, 1.165) is 123 Å². The predicted octanol–water partition coefficient (Wildman–Crippen LogP) is 19.3. The van der Waals surface area contributed by atoms with Crippen LogP contribution in [0.2, 0.25) is 0 Å². The van der Waals surface area contributed by atoms with Gasteiger partial charge in [0, 0.05) is 132 Å². The smallest absolute Gasteiger partial charge is 0.326 e. The molecule has 8 heterocycles. The van der Waals surface area contributed by atoms with Gasteiger partial charge in [0.2, 0.25) is 17.7 Å². The number of hydrogen-bond donors (Lipinski definition) is 5. The van der Waals surface area contributed by atoms with Crippen molar-refractivity contribution in [3.8, 4) is 50.3 Å². The molecule has 4 aliphatic rings. The van der Waals surface area contributed by atoms with Gasteiger partial charge in [-0.2, -0.15) is 0 Å². The lowest BCUT2D eigenvalue weighted by atomic mass is 9.96. The molecule has 0 aliphatic carbocycles. The summed E-state index contributed by atoms with van der Waals surface area (Å²) in [5.41, 5.74) is 24.7. The van der Waals surface area contributed by atoms with Crippen LogP contribution in [0.15, 0.2) is 293 Å². The highest BCUT2D eigenvalue weighted by atomic mass is 19.1. The van der Waals surface area contributed by atoms with Crippen molar-refractivity contribution in [1.29, 1.82) is 0 Å². The van der Waals surface area contributed by atoms with Crippen molar-refractivity contribution in [3.63, 3.8) is 0 Å². The van der Waals surface area contributed by atoms with Gasteiger partial charge in [0.05, 0.1) is 32.1 Å². The first-order valence-corrected chi connectivity index (χ1v) is 41.5. The first kappa shape index (κ1) is 81.3. The molecule has 12 aromatic carbocycles. The van der Waals surface area contributed by atoms with Crippen molar-refractivity contribution < 1.29 is 28.3 Å². The minimum atomic E-state index is -0.415. The normalized spacial score (nSPS) is 12.8. The van der Waals surface area contributed by atoms with E-state index in [1.54, 1.807) is 59.8 Å². The molecule has 5 amide bonds. The fraction of sp³-hybridized carbons (Fsp3) is 0.162. The van der Waals surface area contributed by atoms with Crippen LogP contribution in [0.1, 0.15) is 83.5 Å². The second kappa shape index (κ2) is 34.9. The Morgan fingerprint density at radius 2 is 0.726 bits per heavy atom. The summed E-state index contributed by atoms with van der Waals surface area (Å²) >= 11 is 0. The predicted molar refractivity (Wildman–Crippen MR) is 490 cm³/mol. The summed E-state index contributed by atoms with van der Waals surface area (Å²) in [6.07, 6.45) is 8.59. The van der Waals surface area contributed by atoms with E-state index in [1.807, 2.05) is 219 Å². The van der Waals surface area contributed by atoms with E-state index in [0.29, 0.717) is 108 Å². The highest BCUT2D eigenvalue weighted by Gasteiger charge is 2.29. The quantitative estimate of drug-likeness (QED) is 0.0781. The van der Waals surface area contributed by atoms with Crippen LogP contribution in [0.3, 0.4) is 0 Å². The van der Waals surface area contributed by atoms with Crippen LogP contribution in [0, 0.1) is 40.4 Å². The number of anilines is 2. The van der Waals surface area contributed by atoms with Gasteiger partial charge in [0.25, 0.3) is 22.2 Å². The van der Waals surface area contributed by atoms with Crippen molar-refractivity contribution in [3.05, 3.63) is 404 Å². The van der Waals surface area contributed by atoms with Crippen LogP contribution >= 0.6 is 0 Å². The van der Waals surface area contributed by atoms with Gasteiger partial charge >= 0.3 is 6.03 Å². The molecule has 0 unspecified atom stereocenters. The van der Waals surface area contributed by atoms with E-state index in [-0.39, 0.29) is 52.4 Å². The van der Waals surface area contributed by atoms with Gasteiger partial charge in [-0.15, -0.1) is 0 Å². The molecule has 0 saturated heterocycles. The molecule has 4 aliphatic heterocycles. The number of H-pyrrole nitrogens is 4. The van der Waals surface area contributed by atoms with Gasteiger partial charge in [-0.25, -0.2) is 9.18 Å². The van der Waals surface area contributed by atoms with Crippen molar-refractivity contribution in [2.24, 2.45) is 0 Å². The number of carbonyl (C=O) groups excluding carboxylic acids is 4. The zero-order chi connectivity index (χ0) is 86.0. The number of aromatic amines is 4. The molecule has 0 radical (unpaired) electrons. The summed E-state index contributed by atoms with van der Waals surface area (Å²) < 4.78 is 20.3. The van der Waals surface area contributed by atoms with Gasteiger partial charge in [-0.1, -0.05) is 200 Å². The van der Waals surface area contributed by atoms with Crippen LogP contribution in [-0.2, 0) is 79.3 Å². The molecular formula is C105H90FN9O9. The van der Waals surface area contributed by atoms with Crippen molar-refractivity contribution in [2.75, 3.05) is 23.9 Å². The number of amides is 5. The van der Waals surface area contributed by atoms with Crippen molar-refractivity contribution >= 4 is 78.2 Å². The number of hydrogen-bond acceptors (Lipinski definition) is 9. The summed E-state index contributed by atoms with van der Waals surface area (Å²) in [5.74, 6) is 0.583. The molecule has 0 atom stereocenters. The number of pyridine rings is 4. The molecule has 0 bridgehead atoms. The lowest BCUT2D eigenvalue weighted by molar-refractivity contribution is -0.131. The SMILES string of the molecule is COc1ccc2c(c1)N(C(=O)Nc1ccc(-c3c[nH]c(=O)c4cc(C)c(C)cc34)cc1)CC2.Cc1cc2c(-c3ccc(CC(=O)N4Cc5ccccc5C4)cc3)c[nH]c(=O)c2cc1C.Cc1ccc2c(=O)[nH]cc(-c3ccc(CC(=O)N4Cc5ccccc5C4)cc3)c2c1.O=C(Cc1ccc(-c2c[nH]c(=O)c3ccccc23)c(F)c1)N1Cc2ccccc2C1. The second-order valence-electron chi connectivity index (χ2n) is 32.4. The zero-order valence-corrected chi connectivity index (χ0v) is 69.6. The maximum atomic E-state index is 15.0. The average molecular weight is 1640 g/mol. The van der Waals surface area contributed by atoms with E-state index < -0.39 is 5.82 Å². The Morgan fingerprint density at radius 3 is 1.16 bits per heavy atom. The minimum absolute atomic E-state index is 0.0205.